The average Bonchev–Trinajstić information content (AvgIpc) is 3.38. The second-order valence-corrected chi connectivity index (χ2v) is 8.68. The van der Waals surface area contributed by atoms with Crippen molar-refractivity contribution in [3.8, 4) is 0 Å². The fraction of sp³-hybridized carbons (Fsp3) is 0.500. The van der Waals surface area contributed by atoms with Gasteiger partial charge in [0, 0.05) is 13.0 Å². The predicted octanol–water partition coefficient (Wildman–Crippen LogP) is 3.26. The molecule has 0 bridgehead atoms. The summed E-state index contributed by atoms with van der Waals surface area (Å²) in [5.41, 5.74) is 1.78. The molecule has 1 aliphatic rings. The number of hydrogen-bond donors (Lipinski definition) is 1. The molecule has 1 unspecified atom stereocenters. The van der Waals surface area contributed by atoms with Crippen LogP contribution in [0.4, 0.5) is 0 Å². The maximum atomic E-state index is 13.5. The quantitative estimate of drug-likeness (QED) is 0.593. The third kappa shape index (κ3) is 4.46. The number of aryl methyl sites for hydroxylation is 1. The molecule has 0 spiro atoms. The molecule has 1 atom stereocenters. The topological polar surface area (TPSA) is 78.3 Å². The van der Waals surface area contributed by atoms with E-state index in [2.05, 4.69) is 23.5 Å². The van der Waals surface area contributed by atoms with Crippen molar-refractivity contribution in [3.05, 3.63) is 57.8 Å². The van der Waals surface area contributed by atoms with Crippen LogP contribution >= 0.6 is 11.5 Å². The monoisotopic (exact) mass is 428 g/mol. The van der Waals surface area contributed by atoms with Crippen LogP contribution in [0, 0.1) is 12.8 Å². The minimum absolute atomic E-state index is 0.0278. The molecule has 1 saturated heterocycles. The van der Waals surface area contributed by atoms with E-state index in [9.17, 15) is 4.79 Å². The SMILES string of the molecule is Cc1nsc2nc(C(NCCC3OCCO3)C(C)C)n(Cc3ccccc3)c(=O)c12. The summed E-state index contributed by atoms with van der Waals surface area (Å²) >= 11 is 1.29. The number of benzene rings is 1. The van der Waals surface area contributed by atoms with Crippen LogP contribution in [0.1, 0.15) is 43.4 Å². The number of nitrogens with zero attached hydrogens (tertiary/aromatic N) is 3. The van der Waals surface area contributed by atoms with Crippen LogP contribution in [0.3, 0.4) is 0 Å². The van der Waals surface area contributed by atoms with E-state index in [0.717, 1.165) is 23.5 Å². The van der Waals surface area contributed by atoms with Crippen LogP contribution in [0.2, 0.25) is 0 Å². The van der Waals surface area contributed by atoms with Crippen molar-refractivity contribution in [2.75, 3.05) is 19.8 Å². The van der Waals surface area contributed by atoms with Crippen molar-refractivity contribution in [1.82, 2.24) is 19.2 Å². The van der Waals surface area contributed by atoms with Gasteiger partial charge in [-0.15, -0.1) is 0 Å². The second-order valence-electron chi connectivity index (χ2n) is 7.93. The van der Waals surface area contributed by atoms with Gasteiger partial charge in [-0.1, -0.05) is 44.2 Å². The Bertz CT molecular complexity index is 1040. The molecule has 0 saturated carbocycles. The Morgan fingerprint density at radius 1 is 1.23 bits per heavy atom. The summed E-state index contributed by atoms with van der Waals surface area (Å²) in [7, 11) is 0. The Labute approximate surface area is 180 Å². The van der Waals surface area contributed by atoms with Gasteiger partial charge in [-0.05, 0) is 29.9 Å². The molecule has 1 fully saturated rings. The molecule has 0 radical (unpaired) electrons. The number of rotatable bonds is 8. The maximum absolute atomic E-state index is 13.5. The van der Waals surface area contributed by atoms with Gasteiger partial charge < -0.3 is 14.8 Å². The molecule has 1 aliphatic heterocycles. The van der Waals surface area contributed by atoms with Crippen LogP contribution in [0.15, 0.2) is 35.1 Å². The molecule has 4 rings (SSSR count). The molecule has 3 aromatic rings. The van der Waals surface area contributed by atoms with Gasteiger partial charge in [0.25, 0.3) is 5.56 Å². The third-order valence-corrected chi connectivity index (χ3v) is 6.19. The summed E-state index contributed by atoms with van der Waals surface area (Å²) in [6, 6.07) is 9.95. The van der Waals surface area contributed by atoms with Gasteiger partial charge in [-0.25, -0.2) is 4.98 Å². The van der Waals surface area contributed by atoms with Gasteiger partial charge in [0.2, 0.25) is 0 Å². The van der Waals surface area contributed by atoms with Crippen molar-refractivity contribution < 1.29 is 9.47 Å². The van der Waals surface area contributed by atoms with E-state index in [1.54, 1.807) is 4.57 Å². The average molecular weight is 429 g/mol. The Kier molecular flexibility index (Phi) is 6.58. The van der Waals surface area contributed by atoms with Gasteiger partial charge in [0.15, 0.2) is 11.1 Å². The van der Waals surface area contributed by atoms with Crippen LogP contribution in [-0.2, 0) is 16.0 Å². The maximum Gasteiger partial charge on any atom is 0.264 e. The molecule has 0 aliphatic carbocycles. The predicted molar refractivity (Wildman–Crippen MR) is 118 cm³/mol. The number of hydrogen-bond acceptors (Lipinski definition) is 7. The number of aromatic nitrogens is 3. The number of nitrogens with one attached hydrogen (secondary N) is 1. The van der Waals surface area contributed by atoms with Crippen molar-refractivity contribution in [2.24, 2.45) is 5.92 Å². The molecule has 3 heterocycles. The molecule has 0 amide bonds. The summed E-state index contributed by atoms with van der Waals surface area (Å²) in [6.07, 6.45) is 0.602. The Morgan fingerprint density at radius 2 is 1.97 bits per heavy atom. The summed E-state index contributed by atoms with van der Waals surface area (Å²) in [6.45, 7) is 8.65. The van der Waals surface area contributed by atoms with Crippen molar-refractivity contribution in [2.45, 2.75) is 46.1 Å². The lowest BCUT2D eigenvalue weighted by atomic mass is 10.0. The first-order valence-corrected chi connectivity index (χ1v) is 11.2. The first kappa shape index (κ1) is 21.1. The molecule has 1 aromatic carbocycles. The highest BCUT2D eigenvalue weighted by Crippen LogP contribution is 2.25. The van der Waals surface area contributed by atoms with E-state index in [0.29, 0.717) is 36.5 Å². The zero-order valence-corrected chi connectivity index (χ0v) is 18.4. The normalized spacial score (nSPS) is 16.0. The standard InChI is InChI=1S/C22H28N4O3S/c1-14(2)19(23-10-9-17-28-11-12-29-17)20-24-21-18(15(3)25-30-21)22(27)26(20)13-16-7-5-4-6-8-16/h4-8,14,17,19,23H,9-13H2,1-3H3. The lowest BCUT2D eigenvalue weighted by molar-refractivity contribution is -0.0465. The second kappa shape index (κ2) is 9.34. The van der Waals surface area contributed by atoms with E-state index >= 15 is 0 Å². The van der Waals surface area contributed by atoms with Gasteiger partial charge in [0.1, 0.15) is 5.82 Å². The zero-order chi connectivity index (χ0) is 21.1. The van der Waals surface area contributed by atoms with Gasteiger partial charge >= 0.3 is 0 Å². The summed E-state index contributed by atoms with van der Waals surface area (Å²) in [5.74, 6) is 0.999. The molecular weight excluding hydrogens is 400 g/mol. The smallest absolute Gasteiger partial charge is 0.264 e. The minimum Gasteiger partial charge on any atom is -0.350 e. The molecule has 160 valence electrons. The largest absolute Gasteiger partial charge is 0.350 e. The van der Waals surface area contributed by atoms with E-state index in [1.807, 2.05) is 37.3 Å². The summed E-state index contributed by atoms with van der Waals surface area (Å²) < 4.78 is 17.3. The lowest BCUT2D eigenvalue weighted by Gasteiger charge is -2.25. The fourth-order valence-corrected chi connectivity index (χ4v) is 4.57. The van der Waals surface area contributed by atoms with Gasteiger partial charge in [-0.3, -0.25) is 9.36 Å². The van der Waals surface area contributed by atoms with Gasteiger partial charge in [-0.2, -0.15) is 4.37 Å². The minimum atomic E-state index is -0.156. The first-order chi connectivity index (χ1) is 14.5. The van der Waals surface area contributed by atoms with Crippen LogP contribution in [0.5, 0.6) is 0 Å². The molecule has 8 heteroatoms. The highest BCUT2D eigenvalue weighted by Gasteiger charge is 2.25. The van der Waals surface area contributed by atoms with Crippen LogP contribution in [0.25, 0.3) is 10.2 Å². The van der Waals surface area contributed by atoms with E-state index in [1.165, 1.54) is 11.5 Å². The molecule has 30 heavy (non-hydrogen) atoms. The first-order valence-electron chi connectivity index (χ1n) is 10.4. The Hall–Kier alpha value is -2.13. The van der Waals surface area contributed by atoms with E-state index in [4.69, 9.17) is 14.5 Å². The van der Waals surface area contributed by atoms with Crippen molar-refractivity contribution >= 4 is 21.7 Å². The lowest BCUT2D eigenvalue weighted by Crippen LogP contribution is -2.36. The highest BCUT2D eigenvalue weighted by atomic mass is 32.1. The fourth-order valence-electron chi connectivity index (χ4n) is 3.80. The van der Waals surface area contributed by atoms with Crippen molar-refractivity contribution in [1.29, 1.82) is 0 Å². The Morgan fingerprint density at radius 3 is 2.67 bits per heavy atom. The van der Waals surface area contributed by atoms with Crippen LogP contribution < -0.4 is 10.9 Å². The molecule has 1 N–H and O–H groups in total. The zero-order valence-electron chi connectivity index (χ0n) is 17.6. The summed E-state index contributed by atoms with van der Waals surface area (Å²) in [5, 5.41) is 4.21. The molecular formula is C22H28N4O3S. The number of ether oxygens (including phenoxy) is 2. The summed E-state index contributed by atoms with van der Waals surface area (Å²) in [4.78, 5) is 19.1. The molecule has 2 aromatic heterocycles. The highest BCUT2D eigenvalue weighted by molar-refractivity contribution is 7.12. The Balaban J connectivity index is 1.70. The van der Waals surface area contributed by atoms with Crippen molar-refractivity contribution in [3.63, 3.8) is 0 Å². The third-order valence-electron chi connectivity index (χ3n) is 5.36. The van der Waals surface area contributed by atoms with Gasteiger partial charge in [0.05, 0.1) is 36.9 Å². The van der Waals surface area contributed by atoms with E-state index in [-0.39, 0.29) is 23.8 Å². The number of fused-ring (bicyclic) bond motifs is 1. The van der Waals surface area contributed by atoms with Crippen LogP contribution in [-0.4, -0.2) is 40.0 Å². The van der Waals surface area contributed by atoms with E-state index < -0.39 is 0 Å². The molecule has 7 nitrogen and oxygen atoms in total.